The second-order valence-corrected chi connectivity index (χ2v) is 11.7. The van der Waals surface area contributed by atoms with E-state index in [0.29, 0.717) is 39.1 Å². The Morgan fingerprint density at radius 1 is 0.825 bits per heavy atom. The zero-order valence-electron chi connectivity index (χ0n) is 22.6. The second-order valence-electron chi connectivity index (χ2n) is 9.69. The molecule has 1 atom stereocenters. The quantitative estimate of drug-likeness (QED) is 0.242. The third kappa shape index (κ3) is 6.04. The third-order valence-corrected chi connectivity index (χ3v) is 8.64. The van der Waals surface area contributed by atoms with E-state index in [0.717, 1.165) is 30.6 Å². The lowest BCUT2D eigenvalue weighted by molar-refractivity contribution is 0.208. The molecule has 4 aromatic rings. The van der Waals surface area contributed by atoms with Crippen LogP contribution in [-0.2, 0) is 10.0 Å². The van der Waals surface area contributed by atoms with Crippen molar-refractivity contribution in [2.75, 3.05) is 39.1 Å². The Bertz CT molecular complexity index is 1590. The Morgan fingerprint density at radius 3 is 2.12 bits per heavy atom. The standard InChI is InChI=1S/C31H31ClN2O5S/c1-34-16-15-25(20-34)39-28-17-24(13-14-27(28)32)33-40(35,36)31-19-30(38-3)29(37-2)18-26(31)23-11-9-22(10-12-23)21-7-5-4-6-8-21/h4-14,17-19,25,33H,15-16,20H2,1-3H3/t25-/m1/s1. The molecule has 7 nitrogen and oxygen atoms in total. The van der Waals surface area contributed by atoms with Crippen LogP contribution in [0.15, 0.2) is 89.8 Å². The fraction of sp³-hybridized carbons (Fsp3) is 0.226. The summed E-state index contributed by atoms with van der Waals surface area (Å²) < 4.78 is 47.4. The van der Waals surface area contributed by atoms with Crippen molar-refractivity contribution in [3.63, 3.8) is 0 Å². The SMILES string of the molecule is COc1cc(-c2ccc(-c3ccccc3)cc2)c(S(=O)(=O)Nc2ccc(Cl)c(O[C@@H]3CCN(C)C3)c2)cc1OC. The lowest BCUT2D eigenvalue weighted by Gasteiger charge is -2.18. The summed E-state index contributed by atoms with van der Waals surface area (Å²) in [6, 6.07) is 25.7. The topological polar surface area (TPSA) is 77.1 Å². The maximum Gasteiger partial charge on any atom is 0.262 e. The summed E-state index contributed by atoms with van der Waals surface area (Å²) in [5, 5.41) is 0.419. The lowest BCUT2D eigenvalue weighted by Crippen LogP contribution is -2.21. The van der Waals surface area contributed by atoms with Gasteiger partial charge in [-0.25, -0.2) is 8.42 Å². The highest BCUT2D eigenvalue weighted by Gasteiger charge is 2.25. The number of likely N-dealkylation sites (N-methyl/N-ethyl adjacent to an activating group) is 1. The molecule has 0 aliphatic carbocycles. The minimum absolute atomic E-state index is 0.00864. The van der Waals surface area contributed by atoms with Crippen LogP contribution in [0.3, 0.4) is 0 Å². The van der Waals surface area contributed by atoms with Gasteiger partial charge in [0, 0.05) is 30.8 Å². The molecular weight excluding hydrogens is 548 g/mol. The van der Waals surface area contributed by atoms with Crippen LogP contribution in [0, 0.1) is 0 Å². The van der Waals surface area contributed by atoms with Gasteiger partial charge in [-0.3, -0.25) is 4.72 Å². The average molecular weight is 579 g/mol. The number of hydrogen-bond acceptors (Lipinski definition) is 6. The molecule has 1 aliphatic heterocycles. The van der Waals surface area contributed by atoms with Gasteiger partial charge in [-0.05, 0) is 48.4 Å². The van der Waals surface area contributed by atoms with Crippen LogP contribution in [0.2, 0.25) is 5.02 Å². The molecule has 40 heavy (non-hydrogen) atoms. The van der Waals surface area contributed by atoms with Crippen LogP contribution in [0.4, 0.5) is 5.69 Å². The van der Waals surface area contributed by atoms with E-state index >= 15 is 0 Å². The molecule has 0 saturated carbocycles. The highest BCUT2D eigenvalue weighted by Crippen LogP contribution is 2.40. The first-order valence-electron chi connectivity index (χ1n) is 12.9. The number of halogens is 1. The summed E-state index contributed by atoms with van der Waals surface area (Å²) in [7, 11) is 0.952. The second kappa shape index (κ2) is 11.8. The van der Waals surface area contributed by atoms with Crippen LogP contribution >= 0.6 is 11.6 Å². The van der Waals surface area contributed by atoms with E-state index in [4.69, 9.17) is 25.8 Å². The van der Waals surface area contributed by atoms with Gasteiger partial charge in [-0.2, -0.15) is 0 Å². The van der Waals surface area contributed by atoms with E-state index < -0.39 is 10.0 Å². The number of likely N-dealkylation sites (tertiary alicyclic amines) is 1. The molecule has 4 aromatic carbocycles. The fourth-order valence-corrected chi connectivity index (χ4v) is 6.26. The van der Waals surface area contributed by atoms with Gasteiger partial charge in [-0.15, -0.1) is 0 Å². The predicted molar refractivity (Wildman–Crippen MR) is 159 cm³/mol. The van der Waals surface area contributed by atoms with E-state index in [2.05, 4.69) is 9.62 Å². The normalized spacial score (nSPS) is 15.6. The zero-order valence-corrected chi connectivity index (χ0v) is 24.1. The molecule has 1 aliphatic rings. The zero-order chi connectivity index (χ0) is 28.3. The molecule has 0 radical (unpaired) electrons. The number of benzene rings is 4. The smallest absolute Gasteiger partial charge is 0.262 e. The molecule has 0 aromatic heterocycles. The highest BCUT2D eigenvalue weighted by atomic mass is 35.5. The van der Waals surface area contributed by atoms with Crippen molar-refractivity contribution in [3.8, 4) is 39.5 Å². The van der Waals surface area contributed by atoms with Crippen molar-refractivity contribution < 1.29 is 22.6 Å². The van der Waals surface area contributed by atoms with Crippen molar-refractivity contribution in [1.82, 2.24) is 4.90 Å². The molecule has 9 heteroatoms. The summed E-state index contributed by atoms with van der Waals surface area (Å²) in [5.41, 5.74) is 3.62. The maximum atomic E-state index is 13.8. The highest BCUT2D eigenvalue weighted by molar-refractivity contribution is 7.92. The molecule has 1 saturated heterocycles. The summed E-state index contributed by atoms with van der Waals surface area (Å²) in [5.74, 6) is 1.16. The number of nitrogens with zero attached hydrogens (tertiary/aromatic N) is 1. The third-order valence-electron chi connectivity index (χ3n) is 6.90. The maximum absolute atomic E-state index is 13.8. The summed E-state index contributed by atoms with van der Waals surface area (Å²) in [6.07, 6.45) is 0.867. The first kappa shape index (κ1) is 27.8. The number of nitrogens with one attached hydrogen (secondary N) is 1. The van der Waals surface area contributed by atoms with Gasteiger partial charge in [0.15, 0.2) is 11.5 Å². The number of sulfonamides is 1. The van der Waals surface area contributed by atoms with E-state index in [-0.39, 0.29) is 11.0 Å². The monoisotopic (exact) mass is 578 g/mol. The molecule has 5 rings (SSSR count). The van der Waals surface area contributed by atoms with E-state index in [9.17, 15) is 8.42 Å². The van der Waals surface area contributed by atoms with E-state index in [1.807, 2.05) is 61.6 Å². The Kier molecular flexibility index (Phi) is 8.21. The number of methoxy groups -OCH3 is 2. The van der Waals surface area contributed by atoms with Crippen LogP contribution in [-0.4, -0.2) is 53.8 Å². The van der Waals surface area contributed by atoms with Gasteiger partial charge in [0.2, 0.25) is 0 Å². The molecule has 1 fully saturated rings. The van der Waals surface area contributed by atoms with Gasteiger partial charge >= 0.3 is 0 Å². The largest absolute Gasteiger partial charge is 0.493 e. The first-order chi connectivity index (χ1) is 19.3. The molecule has 1 N–H and O–H groups in total. The van der Waals surface area contributed by atoms with Gasteiger partial charge in [0.05, 0.1) is 29.8 Å². The molecule has 0 bridgehead atoms. The Morgan fingerprint density at radius 2 is 1.48 bits per heavy atom. The van der Waals surface area contributed by atoms with Crippen LogP contribution in [0.5, 0.6) is 17.2 Å². The van der Waals surface area contributed by atoms with Gasteiger partial charge < -0.3 is 19.1 Å². The summed E-state index contributed by atoms with van der Waals surface area (Å²) in [6.45, 7) is 1.72. The van der Waals surface area contributed by atoms with Gasteiger partial charge in [-0.1, -0.05) is 66.2 Å². The Labute approximate surface area is 240 Å². The van der Waals surface area contributed by atoms with Crippen molar-refractivity contribution in [2.45, 2.75) is 17.4 Å². The molecule has 0 amide bonds. The number of rotatable bonds is 9. The summed E-state index contributed by atoms with van der Waals surface area (Å²) >= 11 is 6.39. The first-order valence-corrected chi connectivity index (χ1v) is 14.7. The van der Waals surface area contributed by atoms with Crippen LogP contribution in [0.25, 0.3) is 22.3 Å². The van der Waals surface area contributed by atoms with E-state index in [1.165, 1.54) is 20.3 Å². The van der Waals surface area contributed by atoms with Crippen molar-refractivity contribution in [2.24, 2.45) is 0 Å². The Hall–Kier alpha value is -3.72. The fourth-order valence-electron chi connectivity index (χ4n) is 4.82. The van der Waals surface area contributed by atoms with Crippen LogP contribution in [0.1, 0.15) is 6.42 Å². The minimum atomic E-state index is -4.07. The molecular formula is C31H31ClN2O5S. The number of hydrogen-bond donors (Lipinski definition) is 1. The summed E-state index contributed by atoms with van der Waals surface area (Å²) in [4.78, 5) is 2.23. The van der Waals surface area contributed by atoms with Gasteiger partial charge in [0.1, 0.15) is 11.9 Å². The van der Waals surface area contributed by atoms with Gasteiger partial charge in [0.25, 0.3) is 10.0 Å². The van der Waals surface area contributed by atoms with Crippen molar-refractivity contribution in [3.05, 3.63) is 90.0 Å². The van der Waals surface area contributed by atoms with Crippen LogP contribution < -0.4 is 18.9 Å². The number of ether oxygens (including phenoxy) is 3. The number of anilines is 1. The molecule has 0 spiro atoms. The van der Waals surface area contributed by atoms with Crippen molar-refractivity contribution in [1.29, 1.82) is 0 Å². The molecule has 0 unspecified atom stereocenters. The van der Waals surface area contributed by atoms with E-state index in [1.54, 1.807) is 24.3 Å². The lowest BCUT2D eigenvalue weighted by atomic mass is 10.00. The average Bonchev–Trinajstić information content (AvgIpc) is 3.38. The van der Waals surface area contributed by atoms with Crippen molar-refractivity contribution >= 4 is 27.3 Å². The minimum Gasteiger partial charge on any atom is -0.493 e. The Balaban J connectivity index is 1.50. The molecule has 208 valence electrons. The predicted octanol–water partition coefficient (Wildman–Crippen LogP) is 6.57. The molecule has 1 heterocycles.